The van der Waals surface area contributed by atoms with Gasteiger partial charge in [-0.15, -0.1) is 0 Å². The number of fused-ring (bicyclic) bond motifs is 1. The van der Waals surface area contributed by atoms with E-state index in [1.807, 2.05) is 13.8 Å². The van der Waals surface area contributed by atoms with Crippen molar-refractivity contribution < 1.29 is 19.4 Å². The second-order valence-electron chi connectivity index (χ2n) is 7.99. The van der Waals surface area contributed by atoms with Gasteiger partial charge in [0.1, 0.15) is 11.8 Å². The fourth-order valence-electron chi connectivity index (χ4n) is 4.10. The number of amides is 2. The smallest absolute Gasteiger partial charge is 0.256 e. The molecular formula is C26H30N2O4. The average molecular weight is 435 g/mol. The maximum atomic E-state index is 13.4. The highest BCUT2D eigenvalue weighted by molar-refractivity contribution is 6.10. The average Bonchev–Trinajstić information content (AvgIpc) is 2.86. The van der Waals surface area contributed by atoms with Crippen LogP contribution >= 0.6 is 0 Å². The Morgan fingerprint density at radius 3 is 2.53 bits per heavy atom. The van der Waals surface area contributed by atoms with Crippen LogP contribution in [0.2, 0.25) is 0 Å². The Bertz CT molecular complexity index is 1080. The number of ether oxygens (including phenoxy) is 1. The van der Waals surface area contributed by atoms with E-state index in [4.69, 9.17) is 4.74 Å². The molecule has 3 rings (SSSR count). The molecule has 2 aromatic rings. The molecule has 6 nitrogen and oxygen atoms in total. The molecule has 0 saturated heterocycles. The van der Waals surface area contributed by atoms with Crippen LogP contribution in [0.25, 0.3) is 5.57 Å². The number of hydrogen-bond acceptors (Lipinski definition) is 4. The monoisotopic (exact) mass is 434 g/mol. The second kappa shape index (κ2) is 9.73. The highest BCUT2D eigenvalue weighted by Crippen LogP contribution is 2.37. The van der Waals surface area contributed by atoms with Crippen LogP contribution in [0.1, 0.15) is 61.1 Å². The number of hydrogen-bond donors (Lipinski definition) is 2. The molecular weight excluding hydrogens is 404 g/mol. The summed E-state index contributed by atoms with van der Waals surface area (Å²) < 4.78 is 5.61. The van der Waals surface area contributed by atoms with Gasteiger partial charge < -0.3 is 20.1 Å². The molecule has 1 unspecified atom stereocenters. The van der Waals surface area contributed by atoms with Crippen LogP contribution in [0.15, 0.2) is 60.4 Å². The van der Waals surface area contributed by atoms with Crippen molar-refractivity contribution in [3.63, 3.8) is 0 Å². The third kappa shape index (κ3) is 4.40. The van der Waals surface area contributed by atoms with Gasteiger partial charge in [0.15, 0.2) is 0 Å². The van der Waals surface area contributed by atoms with Gasteiger partial charge in [0.25, 0.3) is 11.8 Å². The van der Waals surface area contributed by atoms with E-state index in [9.17, 15) is 14.7 Å². The van der Waals surface area contributed by atoms with Gasteiger partial charge in [-0.1, -0.05) is 44.2 Å². The van der Waals surface area contributed by atoms with Crippen LogP contribution in [-0.2, 0) is 4.79 Å². The van der Waals surface area contributed by atoms with Gasteiger partial charge >= 0.3 is 0 Å². The molecule has 0 saturated carbocycles. The Morgan fingerprint density at radius 1 is 1.19 bits per heavy atom. The number of aliphatic hydroxyl groups excluding tert-OH is 1. The number of para-hydroxylation sites is 1. The first-order valence-electron chi connectivity index (χ1n) is 10.7. The van der Waals surface area contributed by atoms with Crippen LogP contribution in [-0.4, -0.2) is 35.5 Å². The molecule has 0 spiro atoms. The number of rotatable bonds is 7. The van der Waals surface area contributed by atoms with Crippen LogP contribution < -0.4 is 10.1 Å². The van der Waals surface area contributed by atoms with Crippen molar-refractivity contribution in [1.29, 1.82) is 0 Å². The minimum absolute atomic E-state index is 0.131. The van der Waals surface area contributed by atoms with Crippen LogP contribution in [0.4, 0.5) is 5.69 Å². The lowest BCUT2D eigenvalue weighted by molar-refractivity contribution is -0.120. The molecule has 1 aliphatic heterocycles. The molecule has 0 radical (unpaired) electrons. The minimum atomic E-state index is -0.808. The first-order chi connectivity index (χ1) is 15.3. The first kappa shape index (κ1) is 23.1. The lowest BCUT2D eigenvalue weighted by Gasteiger charge is -2.29. The number of benzene rings is 2. The molecule has 6 heteroatoms. The van der Waals surface area contributed by atoms with E-state index in [2.05, 4.69) is 11.9 Å². The van der Waals surface area contributed by atoms with Crippen molar-refractivity contribution in [2.24, 2.45) is 0 Å². The first-order valence-corrected chi connectivity index (χ1v) is 10.7. The van der Waals surface area contributed by atoms with E-state index in [1.165, 1.54) is 7.11 Å². The highest BCUT2D eigenvalue weighted by atomic mass is 16.5. The summed E-state index contributed by atoms with van der Waals surface area (Å²) in [5, 5.41) is 13.1. The van der Waals surface area contributed by atoms with E-state index in [0.717, 1.165) is 12.8 Å². The molecule has 2 N–H and O–H groups in total. The quantitative estimate of drug-likeness (QED) is 0.446. The fraction of sp³-hybridized carbons (Fsp3) is 0.308. The van der Waals surface area contributed by atoms with E-state index in [0.29, 0.717) is 45.8 Å². The summed E-state index contributed by atoms with van der Waals surface area (Å²) >= 11 is 0. The summed E-state index contributed by atoms with van der Waals surface area (Å²) in [6.07, 6.45) is 1.67. The van der Waals surface area contributed by atoms with Gasteiger partial charge in [0.2, 0.25) is 0 Å². The minimum Gasteiger partial charge on any atom is -0.512 e. The van der Waals surface area contributed by atoms with Crippen LogP contribution in [0.5, 0.6) is 5.75 Å². The normalized spacial score (nSPS) is 16.6. The number of unbranched alkanes of at least 4 members (excludes halogenated alkanes) is 1. The standard InChI is InChI=1S/C26H30N2O4/c1-6-7-14-28-24(25(30)27-21-11-9-8-10-19(21)26(28)31)18-12-13-20(22(15-18)32-5)23(16(2)3)17(4)29/h8-13,15,24,29H,2,6-7,14H2,1,3-5H3,(H,27,30)/b23-17+. The molecule has 32 heavy (non-hydrogen) atoms. The third-order valence-electron chi connectivity index (χ3n) is 5.59. The van der Waals surface area contributed by atoms with E-state index in [-0.39, 0.29) is 17.6 Å². The summed E-state index contributed by atoms with van der Waals surface area (Å²) in [4.78, 5) is 28.4. The van der Waals surface area contributed by atoms with Gasteiger partial charge in [-0.25, -0.2) is 0 Å². The lowest BCUT2D eigenvalue weighted by Crippen LogP contribution is -2.39. The molecule has 0 bridgehead atoms. The fourth-order valence-corrected chi connectivity index (χ4v) is 4.10. The van der Waals surface area contributed by atoms with Crippen LogP contribution in [0.3, 0.4) is 0 Å². The Kier molecular flexibility index (Phi) is 7.03. The number of carbonyl (C=O) groups excluding carboxylic acids is 2. The zero-order valence-corrected chi connectivity index (χ0v) is 19.1. The largest absolute Gasteiger partial charge is 0.512 e. The van der Waals surface area contributed by atoms with Gasteiger partial charge in [-0.05, 0) is 49.6 Å². The molecule has 2 aromatic carbocycles. The van der Waals surface area contributed by atoms with E-state index < -0.39 is 6.04 Å². The number of allylic oxidation sites excluding steroid dienone is 3. The SMILES string of the molecule is C=C(C)/C(=C(/C)O)c1ccc(C2C(=O)Nc3ccccc3C(=O)N2CCCC)cc1OC. The zero-order valence-electron chi connectivity index (χ0n) is 19.1. The maximum absolute atomic E-state index is 13.4. The Morgan fingerprint density at radius 2 is 1.91 bits per heavy atom. The summed E-state index contributed by atoms with van der Waals surface area (Å²) in [6, 6.07) is 11.6. The molecule has 168 valence electrons. The zero-order chi connectivity index (χ0) is 23.4. The van der Waals surface area contributed by atoms with Crippen molar-refractivity contribution in [2.75, 3.05) is 19.0 Å². The molecule has 0 aliphatic carbocycles. The van der Waals surface area contributed by atoms with E-state index in [1.54, 1.807) is 54.3 Å². The number of nitrogens with one attached hydrogen (secondary N) is 1. The topological polar surface area (TPSA) is 78.9 Å². The van der Waals surface area contributed by atoms with Gasteiger partial charge in [-0.3, -0.25) is 9.59 Å². The van der Waals surface area contributed by atoms with Crippen molar-refractivity contribution in [3.05, 3.63) is 77.1 Å². The number of carbonyl (C=O) groups is 2. The number of nitrogens with zero attached hydrogens (tertiary/aromatic N) is 1. The highest BCUT2D eigenvalue weighted by Gasteiger charge is 2.36. The maximum Gasteiger partial charge on any atom is 0.256 e. The Hall–Kier alpha value is -3.54. The van der Waals surface area contributed by atoms with Gasteiger partial charge in [-0.2, -0.15) is 0 Å². The summed E-state index contributed by atoms with van der Waals surface area (Å²) in [6.45, 7) is 9.86. The number of anilines is 1. The molecule has 0 aromatic heterocycles. The Balaban J connectivity index is 2.13. The molecule has 2 amide bonds. The summed E-state index contributed by atoms with van der Waals surface area (Å²) in [5.74, 6) is 0.162. The van der Waals surface area contributed by atoms with E-state index >= 15 is 0 Å². The number of aliphatic hydroxyl groups is 1. The number of methoxy groups -OCH3 is 1. The van der Waals surface area contributed by atoms with Gasteiger partial charge in [0, 0.05) is 17.7 Å². The van der Waals surface area contributed by atoms with Crippen molar-refractivity contribution in [1.82, 2.24) is 4.90 Å². The summed E-state index contributed by atoms with van der Waals surface area (Å²) in [5.41, 5.74) is 3.58. The molecule has 1 atom stereocenters. The van der Waals surface area contributed by atoms with Crippen LogP contribution in [0, 0.1) is 0 Å². The van der Waals surface area contributed by atoms with Gasteiger partial charge in [0.05, 0.1) is 24.1 Å². The third-order valence-corrected chi connectivity index (χ3v) is 5.59. The van der Waals surface area contributed by atoms with Crippen molar-refractivity contribution >= 4 is 23.1 Å². The second-order valence-corrected chi connectivity index (χ2v) is 7.99. The molecule has 1 heterocycles. The molecule has 1 aliphatic rings. The Labute approximate surface area is 189 Å². The predicted octanol–water partition coefficient (Wildman–Crippen LogP) is 5.50. The molecule has 0 fully saturated rings. The van der Waals surface area contributed by atoms with Crippen molar-refractivity contribution in [3.8, 4) is 5.75 Å². The predicted molar refractivity (Wildman–Crippen MR) is 127 cm³/mol. The lowest BCUT2D eigenvalue weighted by atomic mass is 9.94. The summed E-state index contributed by atoms with van der Waals surface area (Å²) in [7, 11) is 1.54. The van der Waals surface area contributed by atoms with Crippen molar-refractivity contribution in [2.45, 2.75) is 39.7 Å².